The minimum atomic E-state index is 0.385. The lowest BCUT2D eigenvalue weighted by molar-refractivity contribution is 0.256. The van der Waals surface area contributed by atoms with Crippen molar-refractivity contribution >= 4 is 28.8 Å². The second kappa shape index (κ2) is 6.62. The van der Waals surface area contributed by atoms with E-state index in [0.717, 1.165) is 11.1 Å². The van der Waals surface area contributed by atoms with Crippen LogP contribution in [0, 0.1) is 0 Å². The van der Waals surface area contributed by atoms with Gasteiger partial charge in [0.1, 0.15) is 0 Å². The fourth-order valence-corrected chi connectivity index (χ4v) is 1.90. The molecule has 0 radical (unpaired) electrons. The summed E-state index contributed by atoms with van der Waals surface area (Å²) < 4.78 is 5.30. The van der Waals surface area contributed by atoms with Crippen molar-refractivity contribution in [3.63, 3.8) is 0 Å². The molecule has 86 valence electrons. The number of hydrogen-bond acceptors (Lipinski definition) is 1. The van der Waals surface area contributed by atoms with Gasteiger partial charge in [-0.25, -0.2) is 0 Å². The van der Waals surface area contributed by atoms with Gasteiger partial charge in [-0.05, 0) is 31.0 Å². The van der Waals surface area contributed by atoms with Crippen LogP contribution in [-0.2, 0) is 4.74 Å². The highest BCUT2D eigenvalue weighted by molar-refractivity contribution is 6.34. The topological polar surface area (TPSA) is 9.23 Å². The molecule has 0 saturated carbocycles. The van der Waals surface area contributed by atoms with Gasteiger partial charge in [0.25, 0.3) is 0 Å². The Balaban J connectivity index is 3.17. The number of allylic oxidation sites excluding steroid dienone is 2. The molecule has 0 unspecified atom stereocenters. The van der Waals surface area contributed by atoms with Crippen LogP contribution in [0.4, 0.5) is 0 Å². The van der Waals surface area contributed by atoms with Crippen molar-refractivity contribution in [1.29, 1.82) is 0 Å². The summed E-state index contributed by atoms with van der Waals surface area (Å²) in [6.07, 6.45) is 2.41. The summed E-state index contributed by atoms with van der Waals surface area (Å²) in [6.45, 7) is 6.13. The molecule has 0 aliphatic rings. The Morgan fingerprint density at radius 3 is 2.69 bits per heavy atom. The average molecular weight is 257 g/mol. The van der Waals surface area contributed by atoms with E-state index in [1.54, 1.807) is 6.08 Å². The predicted molar refractivity (Wildman–Crippen MR) is 70.7 cm³/mol. The van der Waals surface area contributed by atoms with Crippen LogP contribution in [0.2, 0.25) is 5.02 Å². The monoisotopic (exact) mass is 256 g/mol. The van der Waals surface area contributed by atoms with Gasteiger partial charge in [-0.15, -0.1) is 6.58 Å². The normalized spacial score (nSPS) is 11.9. The molecule has 0 heterocycles. The SMILES string of the molecule is C=CC/C(=C(\Cl)OCC)c1ccccc1Cl. The van der Waals surface area contributed by atoms with Crippen LogP contribution in [0.5, 0.6) is 0 Å². The fourth-order valence-electron chi connectivity index (χ4n) is 1.36. The van der Waals surface area contributed by atoms with Gasteiger partial charge in [-0.3, -0.25) is 0 Å². The summed E-state index contributed by atoms with van der Waals surface area (Å²) in [5.41, 5.74) is 1.76. The molecule has 0 saturated heterocycles. The van der Waals surface area contributed by atoms with Crippen LogP contribution in [0.1, 0.15) is 18.9 Å². The van der Waals surface area contributed by atoms with Crippen LogP contribution in [-0.4, -0.2) is 6.61 Å². The number of ether oxygens (including phenoxy) is 1. The maximum Gasteiger partial charge on any atom is 0.191 e. The fraction of sp³-hybridized carbons (Fsp3) is 0.231. The van der Waals surface area contributed by atoms with Crippen molar-refractivity contribution in [2.75, 3.05) is 6.61 Å². The number of benzene rings is 1. The van der Waals surface area contributed by atoms with Crippen molar-refractivity contribution in [1.82, 2.24) is 0 Å². The second-order valence-electron chi connectivity index (χ2n) is 3.16. The Morgan fingerprint density at radius 1 is 1.44 bits per heavy atom. The van der Waals surface area contributed by atoms with Crippen molar-refractivity contribution in [2.24, 2.45) is 0 Å². The summed E-state index contributed by atoms with van der Waals surface area (Å²) in [5, 5.41) is 1.05. The third kappa shape index (κ3) is 3.29. The molecular weight excluding hydrogens is 243 g/mol. The highest BCUT2D eigenvalue weighted by Gasteiger charge is 2.10. The zero-order chi connectivity index (χ0) is 12.0. The van der Waals surface area contributed by atoms with E-state index in [4.69, 9.17) is 27.9 Å². The first-order valence-electron chi connectivity index (χ1n) is 5.08. The Bertz CT molecular complexity index is 397. The maximum atomic E-state index is 6.12. The van der Waals surface area contributed by atoms with Crippen LogP contribution in [0.25, 0.3) is 5.57 Å². The molecule has 0 aliphatic heterocycles. The highest BCUT2D eigenvalue weighted by atomic mass is 35.5. The lowest BCUT2D eigenvalue weighted by Crippen LogP contribution is -1.93. The van der Waals surface area contributed by atoms with Gasteiger partial charge >= 0.3 is 0 Å². The number of halogens is 2. The van der Waals surface area contributed by atoms with E-state index >= 15 is 0 Å². The molecule has 16 heavy (non-hydrogen) atoms. The Morgan fingerprint density at radius 2 is 2.12 bits per heavy atom. The van der Waals surface area contributed by atoms with Gasteiger partial charge in [0.05, 0.1) is 6.61 Å². The van der Waals surface area contributed by atoms with E-state index in [-0.39, 0.29) is 0 Å². The molecular formula is C13H14Cl2O. The first-order chi connectivity index (χ1) is 7.70. The van der Waals surface area contributed by atoms with Gasteiger partial charge in [-0.2, -0.15) is 0 Å². The zero-order valence-electron chi connectivity index (χ0n) is 9.17. The smallest absolute Gasteiger partial charge is 0.191 e. The molecule has 0 aromatic heterocycles. The van der Waals surface area contributed by atoms with Crippen molar-refractivity contribution < 1.29 is 4.74 Å². The van der Waals surface area contributed by atoms with Crippen molar-refractivity contribution in [3.8, 4) is 0 Å². The number of rotatable bonds is 5. The Hall–Kier alpha value is -0.920. The van der Waals surface area contributed by atoms with Crippen molar-refractivity contribution in [2.45, 2.75) is 13.3 Å². The van der Waals surface area contributed by atoms with Crippen LogP contribution < -0.4 is 0 Å². The van der Waals surface area contributed by atoms with E-state index in [9.17, 15) is 0 Å². The van der Waals surface area contributed by atoms with E-state index in [2.05, 4.69) is 6.58 Å². The van der Waals surface area contributed by atoms with Gasteiger partial charge in [0, 0.05) is 16.2 Å². The molecule has 0 aliphatic carbocycles. The molecule has 0 N–H and O–H groups in total. The quantitative estimate of drug-likeness (QED) is 0.540. The van der Waals surface area contributed by atoms with Crippen molar-refractivity contribution in [3.05, 3.63) is 52.7 Å². The van der Waals surface area contributed by atoms with E-state index in [1.165, 1.54) is 0 Å². The van der Waals surface area contributed by atoms with Gasteiger partial charge in [0.15, 0.2) is 5.22 Å². The largest absolute Gasteiger partial charge is 0.483 e. The van der Waals surface area contributed by atoms with Gasteiger partial charge < -0.3 is 4.74 Å². The Labute approximate surface area is 106 Å². The summed E-state index contributed by atoms with van der Waals surface area (Å²) in [7, 11) is 0. The summed E-state index contributed by atoms with van der Waals surface area (Å²) in [6, 6.07) is 7.55. The molecule has 1 aromatic carbocycles. The first-order valence-corrected chi connectivity index (χ1v) is 5.83. The Kier molecular flexibility index (Phi) is 5.44. The second-order valence-corrected chi connectivity index (χ2v) is 3.91. The molecule has 3 heteroatoms. The predicted octanol–water partition coefficient (Wildman–Crippen LogP) is 4.86. The van der Waals surface area contributed by atoms with E-state index in [1.807, 2.05) is 31.2 Å². The molecule has 0 spiro atoms. The van der Waals surface area contributed by atoms with Crippen LogP contribution in [0.15, 0.2) is 42.1 Å². The lowest BCUT2D eigenvalue weighted by Gasteiger charge is -2.11. The third-order valence-electron chi connectivity index (χ3n) is 2.06. The molecule has 0 bridgehead atoms. The molecule has 0 atom stereocenters. The molecule has 1 aromatic rings. The van der Waals surface area contributed by atoms with E-state index < -0.39 is 0 Å². The average Bonchev–Trinajstić information content (AvgIpc) is 2.27. The maximum absolute atomic E-state index is 6.12. The first kappa shape index (κ1) is 13.1. The van der Waals surface area contributed by atoms with E-state index in [0.29, 0.717) is 23.3 Å². The van der Waals surface area contributed by atoms with Gasteiger partial charge in [-0.1, -0.05) is 35.9 Å². The number of hydrogen-bond donors (Lipinski definition) is 0. The van der Waals surface area contributed by atoms with Crippen LogP contribution >= 0.6 is 23.2 Å². The molecule has 0 fully saturated rings. The minimum absolute atomic E-state index is 0.385. The minimum Gasteiger partial charge on any atom is -0.483 e. The summed E-state index contributed by atoms with van der Waals surface area (Å²) in [5.74, 6) is 0. The molecule has 0 amide bonds. The summed E-state index contributed by atoms with van der Waals surface area (Å²) in [4.78, 5) is 0. The standard InChI is InChI=1S/C13H14Cl2O/c1-3-7-11(13(15)16-4-2)10-8-5-6-9-12(10)14/h3,5-6,8-9H,1,4,7H2,2H3/b13-11-. The lowest BCUT2D eigenvalue weighted by atomic mass is 10.0. The third-order valence-corrected chi connectivity index (χ3v) is 2.72. The highest BCUT2D eigenvalue weighted by Crippen LogP contribution is 2.30. The zero-order valence-corrected chi connectivity index (χ0v) is 10.7. The molecule has 1 nitrogen and oxygen atoms in total. The summed E-state index contributed by atoms with van der Waals surface area (Å²) >= 11 is 12.2. The van der Waals surface area contributed by atoms with Gasteiger partial charge in [0.2, 0.25) is 0 Å². The molecule has 1 rings (SSSR count). The van der Waals surface area contributed by atoms with Crippen LogP contribution in [0.3, 0.4) is 0 Å².